The minimum Gasteiger partial charge on any atom is -0.383 e. The molecule has 0 bridgehead atoms. The lowest BCUT2D eigenvalue weighted by molar-refractivity contribution is 0.151. The van der Waals surface area contributed by atoms with Crippen molar-refractivity contribution in [1.82, 2.24) is 19.3 Å². The second-order valence-electron chi connectivity index (χ2n) is 4.82. The van der Waals surface area contributed by atoms with Gasteiger partial charge in [0.15, 0.2) is 10.4 Å². The van der Waals surface area contributed by atoms with E-state index in [1.807, 2.05) is 11.7 Å². The summed E-state index contributed by atoms with van der Waals surface area (Å²) in [7, 11) is 3.70. The number of nitrogens with one attached hydrogen (secondary N) is 1. The molecule has 0 aliphatic heterocycles. The van der Waals surface area contributed by atoms with Crippen LogP contribution in [0, 0.1) is 4.77 Å². The van der Waals surface area contributed by atoms with Crippen molar-refractivity contribution >= 4 is 23.4 Å². The van der Waals surface area contributed by atoms with Crippen LogP contribution in [0.5, 0.6) is 0 Å². The normalized spacial score (nSPS) is 13.3. The Kier molecular flexibility index (Phi) is 4.42. The van der Waals surface area contributed by atoms with E-state index in [-0.39, 0.29) is 6.04 Å². The van der Waals surface area contributed by atoms with Crippen molar-refractivity contribution in [2.24, 2.45) is 7.05 Å². The predicted molar refractivity (Wildman–Crippen MR) is 79.1 cm³/mol. The Morgan fingerprint density at radius 2 is 2.16 bits per heavy atom. The molecule has 0 fully saturated rings. The summed E-state index contributed by atoms with van der Waals surface area (Å²) in [6, 6.07) is 0.261. The van der Waals surface area contributed by atoms with E-state index < -0.39 is 0 Å². The molecule has 1 unspecified atom stereocenters. The predicted octanol–water partition coefficient (Wildman–Crippen LogP) is 2.98. The number of ether oxygens (including phenoxy) is 1. The lowest BCUT2D eigenvalue weighted by Gasteiger charge is -2.17. The van der Waals surface area contributed by atoms with Crippen LogP contribution in [0.25, 0.3) is 11.2 Å². The smallest absolute Gasteiger partial charge is 0.179 e. The van der Waals surface area contributed by atoms with Gasteiger partial charge in [0.2, 0.25) is 0 Å². The standard InChI is InChI=1S/C13H22N4OS/c1-5-7-9(8-18-4)17-12-11(14-13(17)19)10(6-2)15-16(12)3/h9H,5-8H2,1-4H3,(H,14,19). The zero-order valence-electron chi connectivity index (χ0n) is 12.1. The first-order valence-corrected chi connectivity index (χ1v) is 7.19. The molecule has 106 valence electrons. The molecule has 0 saturated heterocycles. The van der Waals surface area contributed by atoms with Crippen LogP contribution >= 0.6 is 12.2 Å². The summed E-state index contributed by atoms with van der Waals surface area (Å²) in [6.45, 7) is 4.95. The lowest BCUT2D eigenvalue weighted by Crippen LogP contribution is -2.16. The highest BCUT2D eigenvalue weighted by Crippen LogP contribution is 2.24. The molecule has 6 heteroatoms. The fourth-order valence-corrected chi connectivity index (χ4v) is 2.97. The third kappa shape index (κ3) is 2.47. The van der Waals surface area contributed by atoms with E-state index in [1.54, 1.807) is 7.11 Å². The quantitative estimate of drug-likeness (QED) is 0.829. The maximum Gasteiger partial charge on any atom is 0.179 e. The van der Waals surface area contributed by atoms with Gasteiger partial charge in [0.05, 0.1) is 18.3 Å². The molecule has 1 atom stereocenters. The van der Waals surface area contributed by atoms with E-state index in [0.717, 1.165) is 40.9 Å². The third-order valence-electron chi connectivity index (χ3n) is 3.45. The first kappa shape index (κ1) is 14.3. The van der Waals surface area contributed by atoms with Crippen molar-refractivity contribution in [2.75, 3.05) is 13.7 Å². The molecule has 2 aromatic heterocycles. The van der Waals surface area contributed by atoms with Gasteiger partial charge in [-0.05, 0) is 25.1 Å². The number of aromatic nitrogens is 4. The summed E-state index contributed by atoms with van der Waals surface area (Å²) in [5, 5.41) is 4.55. The van der Waals surface area contributed by atoms with Crippen LogP contribution in [0.4, 0.5) is 0 Å². The molecule has 0 spiro atoms. The summed E-state index contributed by atoms with van der Waals surface area (Å²) in [4.78, 5) is 3.30. The molecule has 0 aliphatic carbocycles. The van der Waals surface area contributed by atoms with Crippen LogP contribution in [0.15, 0.2) is 0 Å². The number of fused-ring (bicyclic) bond motifs is 1. The molecule has 2 heterocycles. The molecule has 1 N–H and O–H groups in total. The van der Waals surface area contributed by atoms with E-state index in [4.69, 9.17) is 17.0 Å². The molecular weight excluding hydrogens is 260 g/mol. The second kappa shape index (κ2) is 5.88. The zero-order chi connectivity index (χ0) is 14.0. The van der Waals surface area contributed by atoms with Crippen LogP contribution < -0.4 is 0 Å². The van der Waals surface area contributed by atoms with Crippen molar-refractivity contribution < 1.29 is 4.74 Å². The molecule has 0 aromatic carbocycles. The van der Waals surface area contributed by atoms with Crippen LogP contribution in [-0.2, 0) is 18.2 Å². The Morgan fingerprint density at radius 3 is 2.74 bits per heavy atom. The summed E-state index contributed by atoms with van der Waals surface area (Å²) in [5.41, 5.74) is 3.19. The van der Waals surface area contributed by atoms with Crippen LogP contribution in [0.1, 0.15) is 38.4 Å². The zero-order valence-corrected chi connectivity index (χ0v) is 12.9. The van der Waals surface area contributed by atoms with Crippen LogP contribution in [0.2, 0.25) is 0 Å². The molecule has 19 heavy (non-hydrogen) atoms. The van der Waals surface area contributed by atoms with E-state index in [2.05, 4.69) is 28.5 Å². The molecule has 5 nitrogen and oxygen atoms in total. The van der Waals surface area contributed by atoms with Gasteiger partial charge in [-0.3, -0.25) is 9.25 Å². The van der Waals surface area contributed by atoms with E-state index in [0.29, 0.717) is 6.61 Å². The highest BCUT2D eigenvalue weighted by atomic mass is 32.1. The summed E-state index contributed by atoms with van der Waals surface area (Å²) in [6.07, 6.45) is 3.04. The Bertz CT molecular complexity index is 604. The number of nitrogens with zero attached hydrogens (tertiary/aromatic N) is 3. The lowest BCUT2D eigenvalue weighted by atomic mass is 10.2. The molecule has 0 radical (unpaired) electrons. The van der Waals surface area contributed by atoms with Gasteiger partial charge in [0.25, 0.3) is 0 Å². The fourth-order valence-electron chi connectivity index (χ4n) is 2.64. The van der Waals surface area contributed by atoms with Crippen molar-refractivity contribution in [3.63, 3.8) is 0 Å². The van der Waals surface area contributed by atoms with Gasteiger partial charge in [-0.1, -0.05) is 20.3 Å². The van der Waals surface area contributed by atoms with Crippen LogP contribution in [-0.4, -0.2) is 33.0 Å². The monoisotopic (exact) mass is 282 g/mol. The van der Waals surface area contributed by atoms with Gasteiger partial charge < -0.3 is 9.72 Å². The summed E-state index contributed by atoms with van der Waals surface area (Å²) in [5.74, 6) is 0. The Labute approximate surface area is 118 Å². The molecule has 0 saturated carbocycles. The van der Waals surface area contributed by atoms with E-state index in [1.165, 1.54) is 0 Å². The number of H-pyrrole nitrogens is 1. The number of hydrogen-bond acceptors (Lipinski definition) is 3. The highest BCUT2D eigenvalue weighted by molar-refractivity contribution is 7.71. The molecule has 2 rings (SSSR count). The third-order valence-corrected chi connectivity index (χ3v) is 3.75. The molecule has 0 aliphatic rings. The van der Waals surface area contributed by atoms with E-state index in [9.17, 15) is 0 Å². The van der Waals surface area contributed by atoms with Crippen molar-refractivity contribution in [3.8, 4) is 0 Å². The maximum absolute atomic E-state index is 5.49. The topological polar surface area (TPSA) is 47.8 Å². The van der Waals surface area contributed by atoms with Gasteiger partial charge in [-0.15, -0.1) is 0 Å². The largest absolute Gasteiger partial charge is 0.383 e. The number of aromatic amines is 1. The van der Waals surface area contributed by atoms with E-state index >= 15 is 0 Å². The Morgan fingerprint density at radius 1 is 1.42 bits per heavy atom. The van der Waals surface area contributed by atoms with Gasteiger partial charge in [0, 0.05) is 14.2 Å². The Hall–Kier alpha value is -1.14. The number of rotatable bonds is 6. The summed E-state index contributed by atoms with van der Waals surface area (Å²) < 4.78 is 10.2. The highest BCUT2D eigenvalue weighted by Gasteiger charge is 2.19. The molecular formula is C13H22N4OS. The van der Waals surface area contributed by atoms with Gasteiger partial charge in [0.1, 0.15) is 5.52 Å². The van der Waals surface area contributed by atoms with Gasteiger partial charge in [-0.2, -0.15) is 5.10 Å². The number of aryl methyl sites for hydroxylation is 2. The molecule has 0 amide bonds. The fraction of sp³-hybridized carbons (Fsp3) is 0.692. The minimum absolute atomic E-state index is 0.261. The van der Waals surface area contributed by atoms with Gasteiger partial charge in [-0.25, -0.2) is 0 Å². The van der Waals surface area contributed by atoms with Gasteiger partial charge >= 0.3 is 0 Å². The van der Waals surface area contributed by atoms with Crippen molar-refractivity contribution in [2.45, 2.75) is 39.2 Å². The summed E-state index contributed by atoms with van der Waals surface area (Å²) >= 11 is 5.49. The second-order valence-corrected chi connectivity index (χ2v) is 5.21. The SMILES string of the molecule is CCCC(COC)n1c(=S)[nH]c2c(CC)nn(C)c21. The van der Waals surface area contributed by atoms with Crippen molar-refractivity contribution in [1.29, 1.82) is 0 Å². The first-order valence-electron chi connectivity index (χ1n) is 6.79. The van der Waals surface area contributed by atoms with Crippen molar-refractivity contribution in [3.05, 3.63) is 10.5 Å². The molecule has 2 aromatic rings. The number of methoxy groups -OCH3 is 1. The minimum atomic E-state index is 0.261. The maximum atomic E-state index is 5.49. The average molecular weight is 282 g/mol. The number of imidazole rings is 1. The Balaban J connectivity index is 2.61. The number of hydrogen-bond donors (Lipinski definition) is 1. The van der Waals surface area contributed by atoms with Crippen LogP contribution in [0.3, 0.4) is 0 Å². The average Bonchev–Trinajstić information content (AvgIpc) is 2.86. The first-order chi connectivity index (χ1) is 9.13.